The molecule has 0 aliphatic carbocycles. The van der Waals surface area contributed by atoms with Crippen molar-refractivity contribution in [3.05, 3.63) is 18.2 Å². The van der Waals surface area contributed by atoms with Gasteiger partial charge in [0.25, 0.3) is 0 Å². The van der Waals surface area contributed by atoms with Crippen LogP contribution in [0.3, 0.4) is 0 Å². The Balaban J connectivity index is 2.09. The largest absolute Gasteiger partial charge is 0.504 e. The van der Waals surface area contributed by atoms with Gasteiger partial charge in [-0.05, 0) is 12.1 Å². The van der Waals surface area contributed by atoms with Crippen LogP contribution in [0.2, 0.25) is 0 Å². The monoisotopic (exact) mass is 280 g/mol. The SMILES string of the molecule is COc1cc(N2CC(CNC(C)=O)OC2=O)ccc1O. The lowest BCUT2D eigenvalue weighted by Gasteiger charge is -2.14. The second-order valence-corrected chi connectivity index (χ2v) is 4.41. The number of hydrogen-bond acceptors (Lipinski definition) is 5. The molecule has 7 nitrogen and oxygen atoms in total. The molecule has 1 saturated heterocycles. The Morgan fingerprint density at radius 2 is 2.35 bits per heavy atom. The molecule has 0 bridgehead atoms. The van der Waals surface area contributed by atoms with Gasteiger partial charge in [-0.15, -0.1) is 0 Å². The second-order valence-electron chi connectivity index (χ2n) is 4.41. The van der Waals surface area contributed by atoms with Gasteiger partial charge in [-0.1, -0.05) is 0 Å². The number of methoxy groups -OCH3 is 1. The fourth-order valence-corrected chi connectivity index (χ4v) is 1.93. The molecule has 1 aromatic carbocycles. The van der Waals surface area contributed by atoms with Crippen molar-refractivity contribution < 1.29 is 24.2 Å². The van der Waals surface area contributed by atoms with Crippen LogP contribution in [0, 0.1) is 0 Å². The molecule has 2 N–H and O–H groups in total. The van der Waals surface area contributed by atoms with E-state index in [1.54, 1.807) is 12.1 Å². The zero-order valence-electron chi connectivity index (χ0n) is 11.3. The molecule has 1 aromatic rings. The summed E-state index contributed by atoms with van der Waals surface area (Å²) < 4.78 is 10.2. The Labute approximate surface area is 116 Å². The molecule has 2 amide bonds. The zero-order chi connectivity index (χ0) is 14.7. The third kappa shape index (κ3) is 2.93. The summed E-state index contributed by atoms with van der Waals surface area (Å²) in [6.07, 6.45) is -0.890. The molecule has 1 aliphatic heterocycles. The number of nitrogens with zero attached hydrogens (tertiary/aromatic N) is 1. The van der Waals surface area contributed by atoms with Crippen molar-refractivity contribution in [1.29, 1.82) is 0 Å². The molecule has 0 aromatic heterocycles. The molecular weight excluding hydrogens is 264 g/mol. The van der Waals surface area contributed by atoms with Crippen LogP contribution in [0.4, 0.5) is 10.5 Å². The summed E-state index contributed by atoms with van der Waals surface area (Å²) in [6, 6.07) is 4.60. The number of anilines is 1. The molecule has 1 aliphatic rings. The molecular formula is C13H16N2O5. The van der Waals surface area contributed by atoms with Crippen LogP contribution in [0.1, 0.15) is 6.92 Å². The van der Waals surface area contributed by atoms with Gasteiger partial charge < -0.3 is 19.9 Å². The van der Waals surface area contributed by atoms with Crippen LogP contribution < -0.4 is 15.0 Å². The molecule has 1 heterocycles. The molecule has 1 atom stereocenters. The highest BCUT2D eigenvalue weighted by molar-refractivity contribution is 5.90. The van der Waals surface area contributed by atoms with Crippen molar-refractivity contribution in [2.75, 3.05) is 25.1 Å². The van der Waals surface area contributed by atoms with E-state index in [9.17, 15) is 14.7 Å². The van der Waals surface area contributed by atoms with Gasteiger partial charge in [0.2, 0.25) is 5.91 Å². The summed E-state index contributed by atoms with van der Waals surface area (Å²) in [4.78, 5) is 24.1. The predicted octanol–water partition coefficient (Wildman–Crippen LogP) is 0.862. The first kappa shape index (κ1) is 14.0. The van der Waals surface area contributed by atoms with Crippen molar-refractivity contribution in [1.82, 2.24) is 5.32 Å². The standard InChI is InChI=1S/C13H16N2O5/c1-8(16)14-6-10-7-15(13(18)20-10)9-3-4-11(17)12(5-9)19-2/h3-5,10,17H,6-7H2,1-2H3,(H,14,16). The molecule has 2 rings (SSSR count). The van der Waals surface area contributed by atoms with E-state index in [0.717, 1.165) is 0 Å². The number of rotatable bonds is 4. The number of phenolic OH excluding ortho intramolecular Hbond substituents is 1. The maximum atomic E-state index is 11.8. The molecule has 0 saturated carbocycles. The molecule has 108 valence electrons. The van der Waals surface area contributed by atoms with Crippen LogP contribution >= 0.6 is 0 Å². The van der Waals surface area contributed by atoms with Crippen LogP contribution in [-0.2, 0) is 9.53 Å². The van der Waals surface area contributed by atoms with Gasteiger partial charge in [-0.3, -0.25) is 9.69 Å². The van der Waals surface area contributed by atoms with Crippen LogP contribution in [-0.4, -0.2) is 43.4 Å². The predicted molar refractivity (Wildman–Crippen MR) is 71.0 cm³/mol. The summed E-state index contributed by atoms with van der Waals surface area (Å²) in [6.45, 7) is 2.00. The molecule has 7 heteroatoms. The number of benzene rings is 1. The Bertz CT molecular complexity index is 531. The fourth-order valence-electron chi connectivity index (χ4n) is 1.93. The molecule has 0 radical (unpaired) electrons. The number of carbonyl (C=O) groups is 2. The third-order valence-electron chi connectivity index (χ3n) is 2.93. The van der Waals surface area contributed by atoms with Crippen LogP contribution in [0.15, 0.2) is 18.2 Å². The molecule has 0 spiro atoms. The molecule has 1 unspecified atom stereocenters. The number of amides is 2. The highest BCUT2D eigenvalue weighted by Crippen LogP contribution is 2.32. The zero-order valence-corrected chi connectivity index (χ0v) is 11.3. The number of aromatic hydroxyl groups is 1. The van der Waals surface area contributed by atoms with E-state index in [2.05, 4.69) is 5.32 Å². The van der Waals surface area contributed by atoms with Gasteiger partial charge in [0.05, 0.1) is 25.9 Å². The average Bonchev–Trinajstić information content (AvgIpc) is 2.78. The van der Waals surface area contributed by atoms with Crippen molar-refractivity contribution in [3.63, 3.8) is 0 Å². The smallest absolute Gasteiger partial charge is 0.414 e. The maximum Gasteiger partial charge on any atom is 0.414 e. The topological polar surface area (TPSA) is 88.1 Å². The second kappa shape index (κ2) is 5.68. The number of cyclic esters (lactones) is 1. The summed E-state index contributed by atoms with van der Waals surface area (Å²) in [5.74, 6) is 0.102. The first-order valence-electron chi connectivity index (χ1n) is 6.11. The first-order chi connectivity index (χ1) is 9.51. The molecule has 20 heavy (non-hydrogen) atoms. The lowest BCUT2D eigenvalue weighted by atomic mass is 10.2. The minimum absolute atomic E-state index is 0.00129. The van der Waals surface area contributed by atoms with E-state index in [0.29, 0.717) is 12.2 Å². The quantitative estimate of drug-likeness (QED) is 0.854. The van der Waals surface area contributed by atoms with Crippen molar-refractivity contribution in [3.8, 4) is 11.5 Å². The Morgan fingerprint density at radius 3 is 3.00 bits per heavy atom. The van der Waals surface area contributed by atoms with Gasteiger partial charge in [0.1, 0.15) is 6.10 Å². The summed E-state index contributed by atoms with van der Waals surface area (Å²) in [5.41, 5.74) is 0.565. The number of hydrogen-bond donors (Lipinski definition) is 2. The van der Waals surface area contributed by atoms with Crippen LogP contribution in [0.5, 0.6) is 11.5 Å². The fraction of sp³-hybridized carbons (Fsp3) is 0.385. The minimum atomic E-state index is -0.493. The van der Waals surface area contributed by atoms with E-state index >= 15 is 0 Å². The average molecular weight is 280 g/mol. The first-order valence-corrected chi connectivity index (χ1v) is 6.11. The van der Waals surface area contributed by atoms with Crippen molar-refractivity contribution in [2.45, 2.75) is 13.0 Å². The van der Waals surface area contributed by atoms with Crippen molar-refractivity contribution in [2.24, 2.45) is 0 Å². The van der Waals surface area contributed by atoms with Crippen LogP contribution in [0.25, 0.3) is 0 Å². The van der Waals surface area contributed by atoms with Gasteiger partial charge in [0.15, 0.2) is 11.5 Å². The van der Waals surface area contributed by atoms with E-state index in [1.807, 2.05) is 0 Å². The van der Waals surface area contributed by atoms with Gasteiger partial charge in [-0.25, -0.2) is 4.79 Å². The normalized spacial score (nSPS) is 17.8. The van der Waals surface area contributed by atoms with E-state index in [1.165, 1.54) is 25.0 Å². The number of ether oxygens (including phenoxy) is 2. The lowest BCUT2D eigenvalue weighted by molar-refractivity contribution is -0.119. The summed E-state index contributed by atoms with van der Waals surface area (Å²) in [5, 5.41) is 12.1. The van der Waals surface area contributed by atoms with E-state index in [4.69, 9.17) is 9.47 Å². The minimum Gasteiger partial charge on any atom is -0.504 e. The highest BCUT2D eigenvalue weighted by atomic mass is 16.6. The van der Waals surface area contributed by atoms with Crippen molar-refractivity contribution >= 4 is 17.7 Å². The third-order valence-corrected chi connectivity index (χ3v) is 2.93. The van der Waals surface area contributed by atoms with Gasteiger partial charge in [0, 0.05) is 13.0 Å². The number of nitrogens with one attached hydrogen (secondary N) is 1. The van der Waals surface area contributed by atoms with E-state index < -0.39 is 12.2 Å². The Morgan fingerprint density at radius 1 is 1.60 bits per heavy atom. The molecule has 1 fully saturated rings. The lowest BCUT2D eigenvalue weighted by Crippen LogP contribution is -2.33. The van der Waals surface area contributed by atoms with Gasteiger partial charge in [-0.2, -0.15) is 0 Å². The maximum absolute atomic E-state index is 11.8. The highest BCUT2D eigenvalue weighted by Gasteiger charge is 2.32. The van der Waals surface area contributed by atoms with E-state index in [-0.39, 0.29) is 24.0 Å². The summed E-state index contributed by atoms with van der Waals surface area (Å²) >= 11 is 0. The Hall–Kier alpha value is -2.44. The van der Waals surface area contributed by atoms with Gasteiger partial charge >= 0.3 is 6.09 Å². The number of carbonyl (C=O) groups excluding carboxylic acids is 2. The summed E-state index contributed by atoms with van der Waals surface area (Å²) in [7, 11) is 1.43. The number of phenols is 1. The Kier molecular flexibility index (Phi) is 3.97.